The number of urea groups is 1. The van der Waals surface area contributed by atoms with Crippen molar-refractivity contribution in [3.63, 3.8) is 0 Å². The molecule has 0 atom stereocenters. The molecule has 3 N–H and O–H groups in total. The predicted octanol–water partition coefficient (Wildman–Crippen LogP) is 3.33. The Kier molecular flexibility index (Phi) is 9.77. The number of benzene rings is 2. The van der Waals surface area contributed by atoms with Crippen molar-refractivity contribution in [2.45, 2.75) is 63.3 Å². The quantitative estimate of drug-likeness (QED) is 0.267. The summed E-state index contributed by atoms with van der Waals surface area (Å²) in [5, 5.41) is 24.7. The lowest BCUT2D eigenvalue weighted by molar-refractivity contribution is -0.00856. The lowest BCUT2D eigenvalue weighted by atomic mass is 9.93. The first-order valence-electron chi connectivity index (χ1n) is 14.1. The van der Waals surface area contributed by atoms with Gasteiger partial charge < -0.3 is 25.2 Å². The van der Waals surface area contributed by atoms with Crippen LogP contribution in [0.4, 0.5) is 13.6 Å². The zero-order chi connectivity index (χ0) is 30.1. The summed E-state index contributed by atoms with van der Waals surface area (Å²) in [6.07, 6.45) is 12.1. The third-order valence-corrected chi connectivity index (χ3v) is 7.29. The molecule has 228 valence electrons. The van der Waals surface area contributed by atoms with Crippen LogP contribution in [0.5, 0.6) is 11.5 Å². The molecule has 0 radical (unpaired) electrons. The highest BCUT2D eigenvalue weighted by atomic mass is 19.1. The van der Waals surface area contributed by atoms with E-state index in [4.69, 9.17) is 9.47 Å². The Morgan fingerprint density at radius 3 is 2.30 bits per heavy atom. The summed E-state index contributed by atoms with van der Waals surface area (Å²) in [6.45, 7) is 0.768. The molecular weight excluding hydrogens is 562 g/mol. The van der Waals surface area contributed by atoms with Crippen molar-refractivity contribution in [2.24, 2.45) is 0 Å². The van der Waals surface area contributed by atoms with E-state index in [2.05, 4.69) is 30.8 Å². The van der Waals surface area contributed by atoms with Gasteiger partial charge in [0.05, 0.1) is 13.1 Å². The number of nitrogens with zero attached hydrogens (tertiary/aromatic N) is 6. The van der Waals surface area contributed by atoms with Gasteiger partial charge in [0.1, 0.15) is 42.5 Å². The van der Waals surface area contributed by atoms with Crippen molar-refractivity contribution in [3.8, 4) is 11.5 Å². The van der Waals surface area contributed by atoms with Crippen molar-refractivity contribution in [1.82, 2.24) is 40.2 Å². The Morgan fingerprint density at radius 1 is 0.953 bits per heavy atom. The first-order chi connectivity index (χ1) is 20.9. The molecule has 12 nitrogen and oxygen atoms in total. The van der Waals surface area contributed by atoms with E-state index in [1.165, 1.54) is 60.0 Å². The first-order valence-corrected chi connectivity index (χ1v) is 14.1. The third-order valence-electron chi connectivity index (χ3n) is 7.29. The summed E-state index contributed by atoms with van der Waals surface area (Å²) < 4.78 is 40.6. The molecule has 0 unspecified atom stereocenters. The fourth-order valence-electron chi connectivity index (χ4n) is 5.15. The maximum absolute atomic E-state index is 14.1. The SMILES string of the molecule is O=C(NCCc1ccc2c(c1)OCO2)NC1CCCCC1.OC(Cn1cncn1)(Cn1cncn1)c1ccc(F)cc1F. The number of hydrogen-bond acceptors (Lipinski definition) is 8. The average Bonchev–Trinajstić information content (AvgIpc) is 3.78. The zero-order valence-corrected chi connectivity index (χ0v) is 23.5. The first kappa shape index (κ1) is 29.9. The molecule has 2 aromatic carbocycles. The Morgan fingerprint density at radius 2 is 1.65 bits per heavy atom. The number of amides is 2. The number of carbonyl (C=O) groups excluding carboxylic acids is 1. The average molecular weight is 597 g/mol. The monoisotopic (exact) mass is 596 g/mol. The minimum absolute atomic E-state index is 0.0531. The van der Waals surface area contributed by atoms with Crippen LogP contribution in [0.2, 0.25) is 0 Å². The topological polar surface area (TPSA) is 141 Å². The largest absolute Gasteiger partial charge is 0.454 e. The lowest BCUT2D eigenvalue weighted by Crippen LogP contribution is -2.43. The van der Waals surface area contributed by atoms with Gasteiger partial charge in [0.15, 0.2) is 11.5 Å². The molecule has 0 bridgehead atoms. The Labute approximate surface area is 247 Å². The molecule has 0 spiro atoms. The van der Waals surface area contributed by atoms with Crippen LogP contribution in [0, 0.1) is 11.6 Å². The van der Waals surface area contributed by atoms with Gasteiger partial charge in [-0.15, -0.1) is 0 Å². The molecule has 1 aliphatic carbocycles. The number of aromatic nitrogens is 6. The molecule has 43 heavy (non-hydrogen) atoms. The number of ether oxygens (including phenoxy) is 2. The van der Waals surface area contributed by atoms with Gasteiger partial charge in [-0.25, -0.2) is 32.9 Å². The summed E-state index contributed by atoms with van der Waals surface area (Å²) in [6, 6.07) is 9.22. The van der Waals surface area contributed by atoms with Crippen molar-refractivity contribution in [1.29, 1.82) is 0 Å². The number of hydrogen-bond donors (Lipinski definition) is 3. The van der Waals surface area contributed by atoms with E-state index in [0.29, 0.717) is 19.4 Å². The summed E-state index contributed by atoms with van der Waals surface area (Å²) in [7, 11) is 0. The number of halogens is 2. The molecule has 2 amide bonds. The zero-order valence-electron chi connectivity index (χ0n) is 23.5. The van der Waals surface area contributed by atoms with Gasteiger partial charge in [-0.3, -0.25) is 0 Å². The van der Waals surface area contributed by atoms with E-state index < -0.39 is 17.2 Å². The third kappa shape index (κ3) is 8.25. The highest BCUT2D eigenvalue weighted by Gasteiger charge is 2.34. The Bertz CT molecular complexity index is 1430. The molecule has 1 fully saturated rings. The van der Waals surface area contributed by atoms with Crippen LogP contribution >= 0.6 is 0 Å². The van der Waals surface area contributed by atoms with Gasteiger partial charge in [-0.05, 0) is 43.0 Å². The van der Waals surface area contributed by atoms with Crippen LogP contribution in [-0.2, 0) is 25.1 Å². The van der Waals surface area contributed by atoms with Crippen LogP contribution in [-0.4, -0.2) is 60.0 Å². The minimum Gasteiger partial charge on any atom is -0.454 e. The maximum atomic E-state index is 14.1. The smallest absolute Gasteiger partial charge is 0.315 e. The van der Waals surface area contributed by atoms with E-state index in [0.717, 1.165) is 48.5 Å². The van der Waals surface area contributed by atoms with E-state index in [1.807, 2.05) is 18.2 Å². The van der Waals surface area contributed by atoms with E-state index >= 15 is 0 Å². The molecular formula is C29H34F2N8O4. The van der Waals surface area contributed by atoms with Crippen LogP contribution in [0.1, 0.15) is 43.2 Å². The van der Waals surface area contributed by atoms with Gasteiger partial charge in [0, 0.05) is 24.2 Å². The number of nitrogens with one attached hydrogen (secondary N) is 2. The minimum atomic E-state index is -1.70. The maximum Gasteiger partial charge on any atom is 0.315 e. The van der Waals surface area contributed by atoms with Crippen molar-refractivity contribution in [3.05, 3.63) is 84.5 Å². The summed E-state index contributed by atoms with van der Waals surface area (Å²) in [4.78, 5) is 19.4. The van der Waals surface area contributed by atoms with Crippen LogP contribution < -0.4 is 20.1 Å². The van der Waals surface area contributed by atoms with Gasteiger partial charge in [-0.1, -0.05) is 31.4 Å². The van der Waals surface area contributed by atoms with Crippen LogP contribution in [0.15, 0.2) is 61.7 Å². The number of rotatable bonds is 9. The number of fused-ring (bicyclic) bond motifs is 1. The Hall–Kier alpha value is -4.59. The second kappa shape index (κ2) is 14.1. The standard InChI is InChI=1S/C16H22N2O3.C13H12F2N6O/c19-16(18-13-4-2-1-3-5-13)17-9-8-12-6-7-14-15(10-12)21-11-20-14;14-10-1-2-11(12(15)3-10)13(22,4-20-8-16-6-18-20)5-21-9-17-7-19-21/h6-7,10,13H,1-5,8-9,11H2,(H2,17,18,19);1-3,6-9,22H,4-5H2. The molecule has 3 heterocycles. The molecule has 0 saturated heterocycles. The normalized spacial score (nSPS) is 14.6. The van der Waals surface area contributed by atoms with Crippen molar-refractivity contribution in [2.75, 3.05) is 13.3 Å². The molecule has 1 saturated carbocycles. The fraction of sp³-hybridized carbons (Fsp3) is 0.414. The van der Waals surface area contributed by atoms with Crippen LogP contribution in [0.25, 0.3) is 0 Å². The molecule has 2 aliphatic rings. The lowest BCUT2D eigenvalue weighted by Gasteiger charge is -2.28. The predicted molar refractivity (Wildman–Crippen MR) is 150 cm³/mol. The van der Waals surface area contributed by atoms with Crippen LogP contribution in [0.3, 0.4) is 0 Å². The second-order valence-electron chi connectivity index (χ2n) is 10.5. The van der Waals surface area contributed by atoms with Gasteiger partial charge >= 0.3 is 6.03 Å². The number of carbonyl (C=O) groups is 1. The van der Waals surface area contributed by atoms with E-state index in [1.54, 1.807) is 0 Å². The summed E-state index contributed by atoms with van der Waals surface area (Å²) in [5.74, 6) is 0.0220. The molecule has 1 aliphatic heterocycles. The van der Waals surface area contributed by atoms with Crippen molar-refractivity contribution < 1.29 is 28.2 Å². The van der Waals surface area contributed by atoms with Crippen molar-refractivity contribution >= 4 is 6.03 Å². The van der Waals surface area contributed by atoms with Gasteiger partial charge in [-0.2, -0.15) is 10.2 Å². The highest BCUT2D eigenvalue weighted by Crippen LogP contribution is 2.32. The van der Waals surface area contributed by atoms with E-state index in [9.17, 15) is 18.7 Å². The van der Waals surface area contributed by atoms with Gasteiger partial charge in [0.2, 0.25) is 6.79 Å². The molecule has 2 aromatic heterocycles. The summed E-state index contributed by atoms with van der Waals surface area (Å²) >= 11 is 0. The molecule has 4 aromatic rings. The van der Waals surface area contributed by atoms with E-state index in [-0.39, 0.29) is 24.7 Å². The number of aliphatic hydroxyl groups is 1. The Balaban J connectivity index is 0.000000171. The molecule has 6 rings (SSSR count). The second-order valence-corrected chi connectivity index (χ2v) is 10.5. The fourth-order valence-corrected chi connectivity index (χ4v) is 5.15. The summed E-state index contributed by atoms with van der Waals surface area (Å²) in [5.41, 5.74) is -0.615. The molecule has 14 heteroatoms. The van der Waals surface area contributed by atoms with Gasteiger partial charge in [0.25, 0.3) is 0 Å². The highest BCUT2D eigenvalue weighted by molar-refractivity contribution is 5.74.